The lowest BCUT2D eigenvalue weighted by molar-refractivity contribution is 0.0971. The maximum atomic E-state index is 13.4. The van der Waals surface area contributed by atoms with Gasteiger partial charge in [0.05, 0.1) is 18.7 Å². The summed E-state index contributed by atoms with van der Waals surface area (Å²) < 4.78 is 5.42. The quantitative estimate of drug-likeness (QED) is 0.677. The summed E-state index contributed by atoms with van der Waals surface area (Å²) in [6.45, 7) is 2.10. The smallest absolute Gasteiger partial charge is 0.262 e. The molecule has 28 heavy (non-hydrogen) atoms. The van der Waals surface area contributed by atoms with Crippen LogP contribution in [-0.4, -0.2) is 19.1 Å². The van der Waals surface area contributed by atoms with Crippen molar-refractivity contribution in [2.45, 2.75) is 25.4 Å². The van der Waals surface area contributed by atoms with Crippen LogP contribution >= 0.6 is 0 Å². The molecule has 0 saturated heterocycles. The summed E-state index contributed by atoms with van der Waals surface area (Å²) in [4.78, 5) is 15.3. The van der Waals surface area contributed by atoms with E-state index < -0.39 is 0 Å². The Balaban J connectivity index is 1.71. The highest BCUT2D eigenvalue weighted by Crippen LogP contribution is 2.40. The van der Waals surface area contributed by atoms with Gasteiger partial charge in [-0.05, 0) is 49.2 Å². The monoisotopic (exact) mass is 372 g/mol. The molecule has 0 bridgehead atoms. The summed E-state index contributed by atoms with van der Waals surface area (Å²) in [6.07, 6.45) is 0.826. The molecule has 0 unspecified atom stereocenters. The second kappa shape index (κ2) is 7.77. The highest BCUT2D eigenvalue weighted by atomic mass is 16.5. The number of methoxy groups -OCH3 is 1. The van der Waals surface area contributed by atoms with Gasteiger partial charge in [-0.1, -0.05) is 48.5 Å². The van der Waals surface area contributed by atoms with E-state index >= 15 is 0 Å². The fourth-order valence-electron chi connectivity index (χ4n) is 3.95. The summed E-state index contributed by atoms with van der Waals surface area (Å²) in [5.74, 6) is 0.567. The minimum Gasteiger partial charge on any atom is -0.496 e. The first-order valence-corrected chi connectivity index (χ1v) is 9.56. The molecule has 0 fully saturated rings. The first kappa shape index (κ1) is 18.1. The zero-order valence-corrected chi connectivity index (χ0v) is 16.1. The molecule has 1 heterocycles. The fourth-order valence-corrected chi connectivity index (χ4v) is 3.95. The van der Waals surface area contributed by atoms with Crippen molar-refractivity contribution in [3.63, 3.8) is 0 Å². The van der Waals surface area contributed by atoms with Gasteiger partial charge in [-0.25, -0.2) is 0 Å². The van der Waals surface area contributed by atoms with Crippen molar-refractivity contribution >= 4 is 17.3 Å². The minimum absolute atomic E-state index is 0.0319. The molecule has 0 saturated carbocycles. The van der Waals surface area contributed by atoms with Gasteiger partial charge in [0.25, 0.3) is 5.91 Å². The molecule has 2 atom stereocenters. The molecule has 4 rings (SSSR count). The van der Waals surface area contributed by atoms with E-state index in [2.05, 4.69) is 30.4 Å². The SMILES string of the molecule is COc1ccccc1C(=O)N1c2ccccc2[C@@H](Nc2ccccc2)C[C@@H]1C. The number of para-hydroxylation sites is 3. The number of fused-ring (bicyclic) bond motifs is 1. The predicted molar refractivity (Wildman–Crippen MR) is 113 cm³/mol. The lowest BCUT2D eigenvalue weighted by atomic mass is 9.90. The minimum atomic E-state index is -0.0319. The Morgan fingerprint density at radius 2 is 1.64 bits per heavy atom. The Bertz CT molecular complexity index is 971. The number of hydrogen-bond donors (Lipinski definition) is 1. The van der Waals surface area contributed by atoms with Gasteiger partial charge in [-0.2, -0.15) is 0 Å². The van der Waals surface area contributed by atoms with Crippen LogP contribution in [-0.2, 0) is 0 Å². The average Bonchev–Trinajstić information content (AvgIpc) is 2.74. The van der Waals surface area contributed by atoms with Crippen LogP contribution in [0, 0.1) is 0 Å². The van der Waals surface area contributed by atoms with Crippen molar-refractivity contribution in [3.05, 3.63) is 90.0 Å². The van der Waals surface area contributed by atoms with Gasteiger partial charge in [0.2, 0.25) is 0 Å². The molecule has 1 amide bonds. The van der Waals surface area contributed by atoms with Crippen LogP contribution in [0.1, 0.15) is 35.3 Å². The summed E-state index contributed by atoms with van der Waals surface area (Å²) in [5.41, 5.74) is 3.75. The van der Waals surface area contributed by atoms with E-state index in [1.807, 2.05) is 65.6 Å². The number of benzene rings is 3. The first-order valence-electron chi connectivity index (χ1n) is 9.56. The van der Waals surface area contributed by atoms with E-state index in [1.165, 1.54) is 0 Å². The van der Waals surface area contributed by atoms with E-state index in [-0.39, 0.29) is 18.0 Å². The van der Waals surface area contributed by atoms with Crippen molar-refractivity contribution in [1.29, 1.82) is 0 Å². The van der Waals surface area contributed by atoms with Crippen LogP contribution in [0.2, 0.25) is 0 Å². The number of nitrogens with zero attached hydrogens (tertiary/aromatic N) is 1. The van der Waals surface area contributed by atoms with E-state index in [4.69, 9.17) is 4.74 Å². The zero-order valence-electron chi connectivity index (χ0n) is 16.1. The number of ether oxygens (including phenoxy) is 1. The van der Waals surface area contributed by atoms with Gasteiger partial charge in [0, 0.05) is 17.4 Å². The number of rotatable bonds is 4. The van der Waals surface area contributed by atoms with Gasteiger partial charge in [-0.3, -0.25) is 4.79 Å². The largest absolute Gasteiger partial charge is 0.496 e. The fraction of sp³-hybridized carbons (Fsp3) is 0.208. The second-order valence-electron chi connectivity index (χ2n) is 7.08. The van der Waals surface area contributed by atoms with Crippen LogP contribution in [0.25, 0.3) is 0 Å². The van der Waals surface area contributed by atoms with Crippen molar-refractivity contribution < 1.29 is 9.53 Å². The molecule has 4 heteroatoms. The standard InChI is InChI=1S/C24H24N2O2/c1-17-16-21(25-18-10-4-3-5-11-18)19-12-6-8-14-22(19)26(17)24(27)20-13-7-9-15-23(20)28-2/h3-15,17,21,25H,16H2,1-2H3/t17-,21-/m0/s1. The molecule has 1 aliphatic rings. The summed E-state index contributed by atoms with van der Waals surface area (Å²) in [7, 11) is 1.60. The van der Waals surface area contributed by atoms with Gasteiger partial charge < -0.3 is 15.0 Å². The third kappa shape index (κ3) is 3.33. The number of hydrogen-bond acceptors (Lipinski definition) is 3. The highest BCUT2D eigenvalue weighted by molar-refractivity contribution is 6.09. The van der Waals surface area contributed by atoms with E-state index in [1.54, 1.807) is 7.11 Å². The van der Waals surface area contributed by atoms with Crippen molar-refractivity contribution in [2.24, 2.45) is 0 Å². The maximum Gasteiger partial charge on any atom is 0.262 e. The lowest BCUT2D eigenvalue weighted by Crippen LogP contribution is -2.44. The molecule has 0 radical (unpaired) electrons. The van der Waals surface area contributed by atoms with Crippen molar-refractivity contribution in [2.75, 3.05) is 17.3 Å². The Labute approximate surface area is 165 Å². The summed E-state index contributed by atoms with van der Waals surface area (Å²) >= 11 is 0. The number of amides is 1. The number of anilines is 2. The molecule has 0 aliphatic carbocycles. The highest BCUT2D eigenvalue weighted by Gasteiger charge is 2.34. The Kier molecular flexibility index (Phi) is 5.02. The van der Waals surface area contributed by atoms with E-state index in [0.717, 1.165) is 23.4 Å². The molecule has 3 aromatic carbocycles. The predicted octanol–water partition coefficient (Wildman–Crippen LogP) is 5.29. The molecule has 1 aliphatic heterocycles. The van der Waals surface area contributed by atoms with Gasteiger partial charge in [0.1, 0.15) is 5.75 Å². The molecule has 142 valence electrons. The molecule has 0 spiro atoms. The third-order valence-corrected chi connectivity index (χ3v) is 5.26. The number of nitrogens with one attached hydrogen (secondary N) is 1. The summed E-state index contributed by atoms with van der Waals surface area (Å²) in [6, 6.07) is 25.9. The van der Waals surface area contributed by atoms with Gasteiger partial charge >= 0.3 is 0 Å². The van der Waals surface area contributed by atoms with Crippen molar-refractivity contribution in [3.8, 4) is 5.75 Å². The van der Waals surface area contributed by atoms with E-state index in [9.17, 15) is 4.79 Å². The van der Waals surface area contributed by atoms with Crippen LogP contribution < -0.4 is 15.0 Å². The Morgan fingerprint density at radius 1 is 0.964 bits per heavy atom. The third-order valence-electron chi connectivity index (χ3n) is 5.26. The molecule has 0 aromatic heterocycles. The van der Waals surface area contributed by atoms with Crippen LogP contribution in [0.3, 0.4) is 0 Å². The van der Waals surface area contributed by atoms with Crippen LogP contribution in [0.15, 0.2) is 78.9 Å². The normalized spacial score (nSPS) is 18.3. The molecule has 1 N–H and O–H groups in total. The lowest BCUT2D eigenvalue weighted by Gasteiger charge is -2.40. The summed E-state index contributed by atoms with van der Waals surface area (Å²) in [5, 5.41) is 3.63. The number of carbonyl (C=O) groups excluding carboxylic acids is 1. The second-order valence-corrected chi connectivity index (χ2v) is 7.08. The van der Waals surface area contributed by atoms with Crippen LogP contribution in [0.4, 0.5) is 11.4 Å². The molecular formula is C24H24N2O2. The molecular weight excluding hydrogens is 348 g/mol. The molecule has 4 nitrogen and oxygen atoms in total. The Hall–Kier alpha value is -3.27. The van der Waals surface area contributed by atoms with Gasteiger partial charge in [0.15, 0.2) is 0 Å². The first-order chi connectivity index (χ1) is 13.7. The van der Waals surface area contributed by atoms with Crippen molar-refractivity contribution in [1.82, 2.24) is 0 Å². The topological polar surface area (TPSA) is 41.6 Å². The maximum absolute atomic E-state index is 13.4. The Morgan fingerprint density at radius 3 is 2.43 bits per heavy atom. The van der Waals surface area contributed by atoms with E-state index in [0.29, 0.717) is 11.3 Å². The number of carbonyl (C=O) groups is 1. The van der Waals surface area contributed by atoms with Gasteiger partial charge in [-0.15, -0.1) is 0 Å². The molecule has 3 aromatic rings. The average molecular weight is 372 g/mol. The van der Waals surface area contributed by atoms with Crippen LogP contribution in [0.5, 0.6) is 5.75 Å². The zero-order chi connectivity index (χ0) is 19.5.